The van der Waals surface area contributed by atoms with Crippen LogP contribution in [0, 0.1) is 0 Å². The van der Waals surface area contributed by atoms with Crippen LogP contribution >= 0.6 is 0 Å². The summed E-state index contributed by atoms with van der Waals surface area (Å²) in [5.74, 6) is 1.76. The molecule has 1 heterocycles. The standard InChI is InChI=1S/C12H15N3O2/c1-17-9-5-2-4-8-11(9)14-10(6-3-7-16)15-12(8)13/h2,4-5,16H,3,6-7H2,1H3,(H2,13,14,15). The van der Waals surface area contributed by atoms with E-state index in [1.54, 1.807) is 7.11 Å². The zero-order chi connectivity index (χ0) is 12.3. The van der Waals surface area contributed by atoms with E-state index in [0.717, 1.165) is 10.9 Å². The van der Waals surface area contributed by atoms with Crippen LogP contribution in [0.2, 0.25) is 0 Å². The van der Waals surface area contributed by atoms with E-state index >= 15 is 0 Å². The summed E-state index contributed by atoms with van der Waals surface area (Å²) in [5.41, 5.74) is 6.60. The molecular formula is C12H15N3O2. The molecule has 0 spiro atoms. The van der Waals surface area contributed by atoms with E-state index in [4.69, 9.17) is 15.6 Å². The van der Waals surface area contributed by atoms with Crippen LogP contribution < -0.4 is 10.5 Å². The van der Waals surface area contributed by atoms with Gasteiger partial charge < -0.3 is 15.6 Å². The summed E-state index contributed by atoms with van der Waals surface area (Å²) in [5, 5.41) is 9.59. The average Bonchev–Trinajstić information content (AvgIpc) is 2.35. The Kier molecular flexibility index (Phi) is 3.39. The molecule has 1 aromatic carbocycles. The zero-order valence-electron chi connectivity index (χ0n) is 9.68. The van der Waals surface area contributed by atoms with Crippen molar-refractivity contribution in [2.45, 2.75) is 12.8 Å². The first kappa shape index (κ1) is 11.6. The van der Waals surface area contributed by atoms with Gasteiger partial charge in [0.2, 0.25) is 0 Å². The summed E-state index contributed by atoms with van der Waals surface area (Å²) < 4.78 is 5.25. The summed E-state index contributed by atoms with van der Waals surface area (Å²) in [4.78, 5) is 8.63. The van der Waals surface area contributed by atoms with Crippen molar-refractivity contribution in [1.82, 2.24) is 9.97 Å². The summed E-state index contributed by atoms with van der Waals surface area (Å²) in [6.07, 6.45) is 1.23. The number of aryl methyl sites for hydroxylation is 1. The lowest BCUT2D eigenvalue weighted by Crippen LogP contribution is -2.03. The Bertz CT molecular complexity index is 528. The third-order valence-corrected chi connectivity index (χ3v) is 2.54. The maximum Gasteiger partial charge on any atom is 0.145 e. The maximum atomic E-state index is 8.80. The van der Waals surface area contributed by atoms with Crippen molar-refractivity contribution in [2.75, 3.05) is 19.5 Å². The summed E-state index contributed by atoms with van der Waals surface area (Å²) in [6.45, 7) is 0.118. The molecule has 0 saturated carbocycles. The van der Waals surface area contributed by atoms with Crippen molar-refractivity contribution in [3.8, 4) is 5.75 Å². The van der Waals surface area contributed by atoms with E-state index < -0.39 is 0 Å². The molecule has 0 aliphatic rings. The van der Waals surface area contributed by atoms with Crippen LogP contribution in [-0.2, 0) is 6.42 Å². The number of aromatic nitrogens is 2. The molecule has 0 saturated heterocycles. The minimum Gasteiger partial charge on any atom is -0.494 e. The monoisotopic (exact) mass is 233 g/mol. The number of ether oxygens (including phenoxy) is 1. The Labute approximate surface area is 99.3 Å². The molecule has 17 heavy (non-hydrogen) atoms. The molecule has 5 nitrogen and oxygen atoms in total. The second-order valence-electron chi connectivity index (χ2n) is 3.71. The number of benzene rings is 1. The maximum absolute atomic E-state index is 8.80. The zero-order valence-corrected chi connectivity index (χ0v) is 9.68. The van der Waals surface area contributed by atoms with Crippen LogP contribution in [0.3, 0.4) is 0 Å². The molecule has 1 aromatic heterocycles. The van der Waals surface area contributed by atoms with Crippen molar-refractivity contribution >= 4 is 16.7 Å². The highest BCUT2D eigenvalue weighted by atomic mass is 16.5. The first-order valence-corrected chi connectivity index (χ1v) is 5.46. The topological polar surface area (TPSA) is 81.3 Å². The van der Waals surface area contributed by atoms with Gasteiger partial charge in [-0.3, -0.25) is 0 Å². The van der Waals surface area contributed by atoms with Gasteiger partial charge in [-0.25, -0.2) is 9.97 Å². The number of nitrogen functional groups attached to an aromatic ring is 1. The Morgan fingerprint density at radius 2 is 2.18 bits per heavy atom. The summed E-state index contributed by atoms with van der Waals surface area (Å²) >= 11 is 0. The number of nitrogens with two attached hydrogens (primary N) is 1. The highest BCUT2D eigenvalue weighted by Gasteiger charge is 2.08. The molecule has 0 aliphatic heterocycles. The minimum absolute atomic E-state index is 0.118. The number of hydrogen-bond acceptors (Lipinski definition) is 5. The van der Waals surface area contributed by atoms with Gasteiger partial charge in [0.25, 0.3) is 0 Å². The lowest BCUT2D eigenvalue weighted by molar-refractivity contribution is 0.287. The first-order valence-electron chi connectivity index (χ1n) is 5.46. The van der Waals surface area contributed by atoms with Gasteiger partial charge in [-0.15, -0.1) is 0 Å². The number of fused-ring (bicyclic) bond motifs is 1. The summed E-state index contributed by atoms with van der Waals surface area (Å²) in [7, 11) is 1.60. The molecule has 2 aromatic rings. The average molecular weight is 233 g/mol. The van der Waals surface area contributed by atoms with Crippen LogP contribution in [0.1, 0.15) is 12.2 Å². The first-order chi connectivity index (χ1) is 8.26. The van der Waals surface area contributed by atoms with E-state index in [1.807, 2.05) is 18.2 Å². The Morgan fingerprint density at radius 3 is 2.88 bits per heavy atom. The Morgan fingerprint density at radius 1 is 1.35 bits per heavy atom. The fraction of sp³-hybridized carbons (Fsp3) is 0.333. The lowest BCUT2D eigenvalue weighted by Gasteiger charge is -2.08. The van der Waals surface area contributed by atoms with Gasteiger partial charge in [0.05, 0.1) is 7.11 Å². The lowest BCUT2D eigenvalue weighted by atomic mass is 10.2. The molecule has 0 atom stereocenters. The van der Waals surface area contributed by atoms with E-state index in [0.29, 0.717) is 30.2 Å². The van der Waals surface area contributed by atoms with Gasteiger partial charge in [0.15, 0.2) is 0 Å². The van der Waals surface area contributed by atoms with Crippen molar-refractivity contribution in [3.63, 3.8) is 0 Å². The van der Waals surface area contributed by atoms with Crippen molar-refractivity contribution < 1.29 is 9.84 Å². The number of hydrogen-bond donors (Lipinski definition) is 2. The highest BCUT2D eigenvalue weighted by Crippen LogP contribution is 2.26. The number of rotatable bonds is 4. The molecule has 5 heteroatoms. The predicted octanol–water partition coefficient (Wildman–Crippen LogP) is 1.15. The Balaban J connectivity index is 2.53. The molecule has 0 bridgehead atoms. The number of aliphatic hydroxyl groups excluding tert-OH is 1. The Hall–Kier alpha value is -1.88. The van der Waals surface area contributed by atoms with Gasteiger partial charge in [0.1, 0.15) is 22.9 Å². The largest absolute Gasteiger partial charge is 0.494 e. The van der Waals surface area contributed by atoms with Gasteiger partial charge >= 0.3 is 0 Å². The van der Waals surface area contributed by atoms with Crippen LogP contribution in [0.15, 0.2) is 18.2 Å². The SMILES string of the molecule is COc1cccc2c(N)nc(CCCO)nc12. The quantitative estimate of drug-likeness (QED) is 0.827. The van der Waals surface area contributed by atoms with Crippen LogP contribution in [0.4, 0.5) is 5.82 Å². The van der Waals surface area contributed by atoms with Gasteiger partial charge in [-0.2, -0.15) is 0 Å². The van der Waals surface area contributed by atoms with E-state index in [9.17, 15) is 0 Å². The smallest absolute Gasteiger partial charge is 0.145 e. The van der Waals surface area contributed by atoms with Crippen LogP contribution in [0.25, 0.3) is 10.9 Å². The van der Waals surface area contributed by atoms with E-state index in [1.165, 1.54) is 0 Å². The second kappa shape index (κ2) is 4.97. The fourth-order valence-electron chi connectivity index (χ4n) is 1.71. The number of anilines is 1. The van der Waals surface area contributed by atoms with Crippen LogP contribution in [-0.4, -0.2) is 28.8 Å². The normalized spacial score (nSPS) is 10.7. The molecule has 2 rings (SSSR count). The van der Waals surface area contributed by atoms with E-state index in [2.05, 4.69) is 9.97 Å². The highest BCUT2D eigenvalue weighted by molar-refractivity contribution is 5.92. The predicted molar refractivity (Wildman–Crippen MR) is 65.9 cm³/mol. The van der Waals surface area contributed by atoms with Crippen molar-refractivity contribution in [2.24, 2.45) is 0 Å². The summed E-state index contributed by atoms with van der Waals surface area (Å²) in [6, 6.07) is 5.56. The molecule has 0 amide bonds. The molecular weight excluding hydrogens is 218 g/mol. The van der Waals surface area contributed by atoms with Crippen molar-refractivity contribution in [1.29, 1.82) is 0 Å². The van der Waals surface area contributed by atoms with Gasteiger partial charge in [-0.1, -0.05) is 6.07 Å². The molecule has 0 aliphatic carbocycles. The third kappa shape index (κ3) is 2.29. The third-order valence-electron chi connectivity index (χ3n) is 2.54. The fourth-order valence-corrected chi connectivity index (χ4v) is 1.71. The number of aliphatic hydroxyl groups is 1. The molecule has 90 valence electrons. The molecule has 0 radical (unpaired) electrons. The molecule has 0 fully saturated rings. The number of para-hydroxylation sites is 1. The van der Waals surface area contributed by atoms with Gasteiger partial charge in [-0.05, 0) is 18.6 Å². The van der Waals surface area contributed by atoms with Crippen LogP contribution in [0.5, 0.6) is 5.75 Å². The van der Waals surface area contributed by atoms with Crippen molar-refractivity contribution in [3.05, 3.63) is 24.0 Å². The molecule has 0 unspecified atom stereocenters. The molecule has 3 N–H and O–H groups in total. The number of nitrogens with zero attached hydrogens (tertiary/aromatic N) is 2. The second-order valence-corrected chi connectivity index (χ2v) is 3.71. The van der Waals surface area contributed by atoms with Gasteiger partial charge in [0, 0.05) is 18.4 Å². The minimum atomic E-state index is 0.118. The number of methoxy groups -OCH3 is 1. The van der Waals surface area contributed by atoms with E-state index in [-0.39, 0.29) is 6.61 Å².